The van der Waals surface area contributed by atoms with Crippen LogP contribution < -0.4 is 10.2 Å². The van der Waals surface area contributed by atoms with Gasteiger partial charge in [0, 0.05) is 6.42 Å². The number of hydrogen-bond donors (Lipinski definition) is 2. The summed E-state index contributed by atoms with van der Waals surface area (Å²) < 4.78 is 23.4. The summed E-state index contributed by atoms with van der Waals surface area (Å²) in [4.78, 5) is 25.6. The van der Waals surface area contributed by atoms with Crippen LogP contribution in [0.5, 0.6) is 0 Å². The summed E-state index contributed by atoms with van der Waals surface area (Å²) in [6, 6.07) is -0.904. The molecule has 0 aliphatic carbocycles. The maximum atomic E-state index is 13.0. The van der Waals surface area contributed by atoms with Crippen LogP contribution in [0, 0.1) is 0 Å². The van der Waals surface area contributed by atoms with Gasteiger partial charge in [0.25, 0.3) is 7.82 Å². The molecule has 0 heterocycles. The standard InChI is InChI=1S/C67H131N2O6P/c1-6-8-10-12-14-16-18-20-22-24-26-28-30-32-34-36-38-40-42-44-46-48-50-52-54-56-58-60-66(70)65(64-75-76(72,73)74-63-62-69(3,4)5)68-67(71)61-59-57-55-53-51-49-47-45-43-41-39-37-35-33-31-29-27-25-23-21-19-17-15-13-11-9-7-2/h25,27,50,52,58,60,65-66,70H,6-24,26,28-49,51,53-57,59,61-64H2,1-5H3,(H-,68,71,72,73)/b27-25-,52-50+,60-58+. The van der Waals surface area contributed by atoms with Crippen molar-refractivity contribution in [2.75, 3.05) is 40.9 Å². The highest BCUT2D eigenvalue weighted by Gasteiger charge is 2.23. The first-order valence-electron chi connectivity index (χ1n) is 33.4. The zero-order valence-corrected chi connectivity index (χ0v) is 52.4. The van der Waals surface area contributed by atoms with Crippen LogP contribution in [0.4, 0.5) is 0 Å². The van der Waals surface area contributed by atoms with Crippen molar-refractivity contribution in [3.8, 4) is 0 Å². The Bertz CT molecular complexity index is 1330. The number of allylic oxidation sites excluding steroid dienone is 5. The number of nitrogens with one attached hydrogen (secondary N) is 1. The predicted molar refractivity (Wildman–Crippen MR) is 330 cm³/mol. The highest BCUT2D eigenvalue weighted by Crippen LogP contribution is 2.38. The Labute approximate surface area is 474 Å². The molecule has 0 fully saturated rings. The van der Waals surface area contributed by atoms with Crippen LogP contribution in [0.2, 0.25) is 0 Å². The molecule has 3 atom stereocenters. The van der Waals surface area contributed by atoms with Crippen LogP contribution in [0.1, 0.15) is 335 Å². The fraction of sp³-hybridized carbons (Fsp3) is 0.896. The van der Waals surface area contributed by atoms with E-state index in [0.29, 0.717) is 17.4 Å². The van der Waals surface area contributed by atoms with Gasteiger partial charge in [-0.25, -0.2) is 0 Å². The Morgan fingerprint density at radius 1 is 0.447 bits per heavy atom. The molecule has 0 saturated heterocycles. The molecule has 0 aromatic rings. The Morgan fingerprint density at radius 2 is 0.737 bits per heavy atom. The van der Waals surface area contributed by atoms with E-state index in [4.69, 9.17) is 9.05 Å². The van der Waals surface area contributed by atoms with Crippen molar-refractivity contribution in [3.05, 3.63) is 36.5 Å². The molecule has 0 aliphatic rings. The van der Waals surface area contributed by atoms with Crippen molar-refractivity contribution in [2.45, 2.75) is 347 Å². The maximum Gasteiger partial charge on any atom is 0.268 e. The monoisotopic (exact) mass is 1090 g/mol. The molecule has 1 amide bonds. The number of phosphoric acid groups is 1. The molecule has 0 aromatic carbocycles. The van der Waals surface area contributed by atoms with Crippen LogP contribution in [0.25, 0.3) is 0 Å². The topological polar surface area (TPSA) is 108 Å². The van der Waals surface area contributed by atoms with Gasteiger partial charge in [0.1, 0.15) is 13.2 Å². The minimum Gasteiger partial charge on any atom is -0.756 e. The largest absolute Gasteiger partial charge is 0.756 e. The van der Waals surface area contributed by atoms with E-state index in [2.05, 4.69) is 43.5 Å². The minimum atomic E-state index is -4.61. The van der Waals surface area contributed by atoms with Crippen molar-refractivity contribution in [1.29, 1.82) is 0 Å². The second-order valence-corrected chi connectivity index (χ2v) is 25.6. The van der Waals surface area contributed by atoms with Gasteiger partial charge in [-0.15, -0.1) is 0 Å². The van der Waals surface area contributed by atoms with E-state index in [0.717, 1.165) is 38.5 Å². The van der Waals surface area contributed by atoms with Gasteiger partial charge in [-0.05, 0) is 57.8 Å². The second kappa shape index (κ2) is 58.4. The lowest BCUT2D eigenvalue weighted by atomic mass is 10.0. The molecule has 8 nitrogen and oxygen atoms in total. The Morgan fingerprint density at radius 3 is 1.07 bits per heavy atom. The molecule has 0 saturated carbocycles. The average Bonchev–Trinajstić information content (AvgIpc) is 3.38. The number of phosphoric ester groups is 1. The predicted octanol–water partition coefficient (Wildman–Crippen LogP) is 20.3. The second-order valence-electron chi connectivity index (χ2n) is 24.2. The van der Waals surface area contributed by atoms with E-state index in [1.54, 1.807) is 6.08 Å². The summed E-state index contributed by atoms with van der Waals surface area (Å²) in [5, 5.41) is 13.9. The molecule has 0 spiro atoms. The van der Waals surface area contributed by atoms with Crippen LogP contribution in [-0.4, -0.2) is 68.5 Å². The van der Waals surface area contributed by atoms with Gasteiger partial charge < -0.3 is 28.8 Å². The maximum absolute atomic E-state index is 13.0. The van der Waals surface area contributed by atoms with Gasteiger partial charge in [-0.1, -0.05) is 307 Å². The summed E-state index contributed by atoms with van der Waals surface area (Å²) in [6.07, 6.45) is 76.9. The van der Waals surface area contributed by atoms with E-state index < -0.39 is 20.0 Å². The van der Waals surface area contributed by atoms with Crippen molar-refractivity contribution < 1.29 is 32.9 Å². The number of quaternary nitrogens is 1. The number of amides is 1. The van der Waals surface area contributed by atoms with Gasteiger partial charge in [-0.3, -0.25) is 9.36 Å². The number of carbonyl (C=O) groups is 1. The number of hydrogen-bond acceptors (Lipinski definition) is 6. The lowest BCUT2D eigenvalue weighted by Crippen LogP contribution is -2.45. The molecule has 0 bridgehead atoms. The number of nitrogens with zero attached hydrogens (tertiary/aromatic N) is 1. The first-order valence-corrected chi connectivity index (χ1v) is 34.8. The number of unbranched alkanes of at least 4 members (excludes halogenated alkanes) is 45. The highest BCUT2D eigenvalue weighted by atomic mass is 31.2. The number of aliphatic hydroxyl groups is 1. The number of aliphatic hydroxyl groups excluding tert-OH is 1. The molecule has 3 unspecified atom stereocenters. The first-order chi connectivity index (χ1) is 37.0. The minimum absolute atomic E-state index is 0.00488. The van der Waals surface area contributed by atoms with Crippen molar-refractivity contribution in [1.82, 2.24) is 5.32 Å². The van der Waals surface area contributed by atoms with Crippen molar-refractivity contribution in [2.24, 2.45) is 0 Å². The molecule has 2 N–H and O–H groups in total. The zero-order chi connectivity index (χ0) is 55.6. The average molecular weight is 1090 g/mol. The fourth-order valence-corrected chi connectivity index (χ4v) is 10.8. The molecule has 0 rings (SSSR count). The van der Waals surface area contributed by atoms with Gasteiger partial charge in [0.2, 0.25) is 5.91 Å². The quantitative estimate of drug-likeness (QED) is 0.0272. The van der Waals surface area contributed by atoms with E-state index >= 15 is 0 Å². The van der Waals surface area contributed by atoms with Gasteiger partial charge in [0.15, 0.2) is 0 Å². The molecule has 9 heteroatoms. The molecule has 76 heavy (non-hydrogen) atoms. The Hall–Kier alpha value is -1.28. The SMILES string of the molecule is CCCCCCCCCC/C=C\CCCCCCCCCCCCCCCCCC(=O)NC(COP(=O)([O-])OCC[N+](C)(C)C)C(O)/C=C/CC/C=C/CCCCCCCCCCCCCCCCCCCCCCC. The molecule has 0 radical (unpaired) electrons. The fourth-order valence-electron chi connectivity index (χ4n) is 10.1. The third-order valence-corrected chi connectivity index (χ3v) is 16.3. The van der Waals surface area contributed by atoms with Crippen LogP contribution >= 0.6 is 7.82 Å². The Balaban J connectivity index is 4.13. The van der Waals surface area contributed by atoms with E-state index in [-0.39, 0.29) is 19.1 Å². The molecular weight excluding hydrogens is 960 g/mol. The molecule has 450 valence electrons. The number of carbonyl (C=O) groups excluding carboxylic acids is 1. The zero-order valence-electron chi connectivity index (χ0n) is 51.5. The summed E-state index contributed by atoms with van der Waals surface area (Å²) in [7, 11) is 1.26. The van der Waals surface area contributed by atoms with Crippen molar-refractivity contribution >= 4 is 13.7 Å². The summed E-state index contributed by atoms with van der Waals surface area (Å²) in [6.45, 7) is 4.68. The van der Waals surface area contributed by atoms with E-state index in [1.807, 2.05) is 27.2 Å². The van der Waals surface area contributed by atoms with E-state index in [9.17, 15) is 19.4 Å². The van der Waals surface area contributed by atoms with Crippen LogP contribution in [0.3, 0.4) is 0 Å². The summed E-state index contributed by atoms with van der Waals surface area (Å²) in [5.41, 5.74) is 0. The molecule has 0 aromatic heterocycles. The smallest absolute Gasteiger partial charge is 0.268 e. The molecular formula is C67H131N2O6P. The molecule has 0 aliphatic heterocycles. The van der Waals surface area contributed by atoms with Gasteiger partial charge in [0.05, 0.1) is 39.9 Å². The Kier molecular flexibility index (Phi) is 57.4. The lowest BCUT2D eigenvalue weighted by molar-refractivity contribution is -0.870. The summed E-state index contributed by atoms with van der Waals surface area (Å²) >= 11 is 0. The summed E-state index contributed by atoms with van der Waals surface area (Å²) in [5.74, 6) is -0.201. The third kappa shape index (κ3) is 60.4. The van der Waals surface area contributed by atoms with E-state index in [1.165, 1.54) is 276 Å². The number of likely N-dealkylation sites (N-methyl/N-ethyl adjacent to an activating group) is 1. The van der Waals surface area contributed by atoms with Crippen molar-refractivity contribution in [3.63, 3.8) is 0 Å². The van der Waals surface area contributed by atoms with Crippen LogP contribution in [-0.2, 0) is 18.4 Å². The third-order valence-electron chi connectivity index (χ3n) is 15.3. The van der Waals surface area contributed by atoms with Gasteiger partial charge >= 0.3 is 0 Å². The van der Waals surface area contributed by atoms with Crippen LogP contribution in [0.15, 0.2) is 36.5 Å². The number of rotatable bonds is 62. The normalized spacial score (nSPS) is 13.9. The highest BCUT2D eigenvalue weighted by molar-refractivity contribution is 7.45. The van der Waals surface area contributed by atoms with Gasteiger partial charge in [-0.2, -0.15) is 0 Å². The first kappa shape index (κ1) is 74.7. The lowest BCUT2D eigenvalue weighted by Gasteiger charge is -2.29.